The lowest BCUT2D eigenvalue weighted by molar-refractivity contribution is 0.433. The second kappa shape index (κ2) is 4.34. The Morgan fingerprint density at radius 1 is 1.25 bits per heavy atom. The van der Waals surface area contributed by atoms with Crippen molar-refractivity contribution in [2.24, 2.45) is 5.92 Å². The molecule has 1 aromatic heterocycles. The summed E-state index contributed by atoms with van der Waals surface area (Å²) in [6.45, 7) is 6.74. The van der Waals surface area contributed by atoms with E-state index in [1.54, 1.807) is 6.26 Å². The van der Waals surface area contributed by atoms with Crippen LogP contribution in [0.2, 0.25) is 0 Å². The molecule has 0 aliphatic rings. The van der Waals surface area contributed by atoms with E-state index in [9.17, 15) is 0 Å². The summed E-state index contributed by atoms with van der Waals surface area (Å²) < 4.78 is 5.33. The van der Waals surface area contributed by atoms with E-state index < -0.39 is 0 Å². The molecule has 1 heterocycles. The predicted octanol–water partition coefficient (Wildman–Crippen LogP) is 3.82. The Kier molecular flexibility index (Phi) is 3.39. The second-order valence-corrected chi connectivity index (χ2v) is 3.89. The molecule has 0 fully saturated rings. The smallest absolute Gasteiger partial charge is 0.106 e. The summed E-state index contributed by atoms with van der Waals surface area (Å²) in [6.07, 6.45) is 4.26. The highest BCUT2D eigenvalue weighted by Crippen LogP contribution is 2.22. The molecule has 0 bridgehead atoms. The Bertz CT molecular complexity index is 199. The van der Waals surface area contributed by atoms with Crippen LogP contribution in [0.1, 0.15) is 45.3 Å². The number of rotatable bonds is 4. The fourth-order valence-electron chi connectivity index (χ4n) is 1.30. The maximum atomic E-state index is 5.33. The normalized spacial score (nSPS) is 13.7. The van der Waals surface area contributed by atoms with Crippen molar-refractivity contribution < 1.29 is 4.42 Å². The highest BCUT2D eigenvalue weighted by atomic mass is 16.3. The van der Waals surface area contributed by atoms with Crippen molar-refractivity contribution >= 4 is 0 Å². The fraction of sp³-hybridized carbons (Fsp3) is 0.636. The lowest BCUT2D eigenvalue weighted by Crippen LogP contribution is -1.95. The molecule has 1 rings (SSSR count). The third-order valence-electron chi connectivity index (χ3n) is 2.21. The minimum atomic E-state index is 0.572. The van der Waals surface area contributed by atoms with Gasteiger partial charge >= 0.3 is 0 Å². The lowest BCUT2D eigenvalue weighted by Gasteiger charge is -2.09. The Morgan fingerprint density at radius 2 is 2.00 bits per heavy atom. The molecule has 1 aromatic rings. The van der Waals surface area contributed by atoms with E-state index in [1.807, 2.05) is 6.07 Å². The Balaban J connectivity index is 2.34. The maximum Gasteiger partial charge on any atom is 0.106 e. The zero-order valence-electron chi connectivity index (χ0n) is 8.21. The summed E-state index contributed by atoms with van der Waals surface area (Å²) in [5.74, 6) is 2.49. The van der Waals surface area contributed by atoms with Crippen LogP contribution in [0.15, 0.2) is 22.8 Å². The van der Waals surface area contributed by atoms with Gasteiger partial charge in [-0.3, -0.25) is 0 Å². The van der Waals surface area contributed by atoms with Crippen molar-refractivity contribution in [3.63, 3.8) is 0 Å². The van der Waals surface area contributed by atoms with Crippen LogP contribution in [0.25, 0.3) is 0 Å². The molecular formula is C11H18O. The topological polar surface area (TPSA) is 13.1 Å². The maximum absolute atomic E-state index is 5.33. The number of furan rings is 1. The first-order valence-corrected chi connectivity index (χ1v) is 4.73. The summed E-state index contributed by atoms with van der Waals surface area (Å²) >= 11 is 0. The van der Waals surface area contributed by atoms with Crippen molar-refractivity contribution in [1.82, 2.24) is 0 Å². The third-order valence-corrected chi connectivity index (χ3v) is 2.21. The summed E-state index contributed by atoms with van der Waals surface area (Å²) in [5.41, 5.74) is 0. The Morgan fingerprint density at radius 3 is 2.50 bits per heavy atom. The molecule has 0 saturated heterocycles. The average molecular weight is 166 g/mol. The van der Waals surface area contributed by atoms with E-state index in [0.717, 1.165) is 11.7 Å². The van der Waals surface area contributed by atoms with Gasteiger partial charge in [0.05, 0.1) is 6.26 Å². The van der Waals surface area contributed by atoms with Crippen molar-refractivity contribution in [1.29, 1.82) is 0 Å². The second-order valence-electron chi connectivity index (χ2n) is 3.89. The molecule has 0 saturated carbocycles. The number of hydrogen-bond acceptors (Lipinski definition) is 1. The van der Waals surface area contributed by atoms with E-state index in [2.05, 4.69) is 26.8 Å². The first-order chi connectivity index (χ1) is 5.70. The molecule has 0 N–H and O–H groups in total. The van der Waals surface area contributed by atoms with Gasteiger partial charge in [-0.25, -0.2) is 0 Å². The molecule has 1 unspecified atom stereocenters. The van der Waals surface area contributed by atoms with Crippen LogP contribution >= 0.6 is 0 Å². The first-order valence-electron chi connectivity index (χ1n) is 4.73. The molecule has 0 aliphatic carbocycles. The number of hydrogen-bond donors (Lipinski definition) is 0. The highest BCUT2D eigenvalue weighted by molar-refractivity contribution is 5.03. The zero-order chi connectivity index (χ0) is 8.97. The molecule has 68 valence electrons. The quantitative estimate of drug-likeness (QED) is 0.662. The van der Waals surface area contributed by atoms with Crippen LogP contribution in [0.3, 0.4) is 0 Å². The molecule has 0 radical (unpaired) electrons. The van der Waals surface area contributed by atoms with Gasteiger partial charge < -0.3 is 4.42 Å². The Hall–Kier alpha value is -0.720. The lowest BCUT2D eigenvalue weighted by atomic mass is 9.98. The Labute approximate surface area is 74.8 Å². The fourth-order valence-corrected chi connectivity index (χ4v) is 1.30. The molecular weight excluding hydrogens is 148 g/mol. The predicted molar refractivity (Wildman–Crippen MR) is 51.2 cm³/mol. The summed E-state index contributed by atoms with van der Waals surface area (Å²) in [6, 6.07) is 4.02. The van der Waals surface area contributed by atoms with E-state index in [0.29, 0.717) is 5.92 Å². The van der Waals surface area contributed by atoms with Gasteiger partial charge in [-0.05, 0) is 24.5 Å². The van der Waals surface area contributed by atoms with Gasteiger partial charge in [-0.2, -0.15) is 0 Å². The minimum absolute atomic E-state index is 0.572. The monoisotopic (exact) mass is 166 g/mol. The van der Waals surface area contributed by atoms with E-state index in [1.165, 1.54) is 12.8 Å². The van der Waals surface area contributed by atoms with Crippen LogP contribution < -0.4 is 0 Å². The minimum Gasteiger partial charge on any atom is -0.469 e. The zero-order valence-corrected chi connectivity index (χ0v) is 8.21. The van der Waals surface area contributed by atoms with Gasteiger partial charge in [0.2, 0.25) is 0 Å². The summed E-state index contributed by atoms with van der Waals surface area (Å²) in [5, 5.41) is 0. The van der Waals surface area contributed by atoms with Crippen LogP contribution in [0.4, 0.5) is 0 Å². The van der Waals surface area contributed by atoms with Gasteiger partial charge in [0.1, 0.15) is 5.76 Å². The molecule has 1 atom stereocenters. The van der Waals surface area contributed by atoms with Crippen LogP contribution in [0, 0.1) is 5.92 Å². The average Bonchev–Trinajstić information content (AvgIpc) is 2.51. The molecule has 12 heavy (non-hydrogen) atoms. The molecule has 0 aromatic carbocycles. The van der Waals surface area contributed by atoms with Gasteiger partial charge in [0.15, 0.2) is 0 Å². The molecule has 0 aliphatic heterocycles. The van der Waals surface area contributed by atoms with Crippen molar-refractivity contribution in [2.45, 2.75) is 39.5 Å². The molecule has 1 heteroatoms. The van der Waals surface area contributed by atoms with E-state index >= 15 is 0 Å². The first kappa shape index (κ1) is 9.37. The van der Waals surface area contributed by atoms with E-state index in [4.69, 9.17) is 4.42 Å². The largest absolute Gasteiger partial charge is 0.469 e. The van der Waals surface area contributed by atoms with Gasteiger partial charge in [-0.15, -0.1) is 0 Å². The van der Waals surface area contributed by atoms with Gasteiger partial charge in [0.25, 0.3) is 0 Å². The van der Waals surface area contributed by atoms with Crippen LogP contribution in [-0.4, -0.2) is 0 Å². The molecule has 0 spiro atoms. The van der Waals surface area contributed by atoms with Gasteiger partial charge in [0, 0.05) is 5.92 Å². The molecule has 1 nitrogen and oxygen atoms in total. The molecule has 0 amide bonds. The van der Waals surface area contributed by atoms with Crippen LogP contribution in [-0.2, 0) is 0 Å². The summed E-state index contributed by atoms with van der Waals surface area (Å²) in [4.78, 5) is 0. The summed E-state index contributed by atoms with van der Waals surface area (Å²) in [7, 11) is 0. The van der Waals surface area contributed by atoms with Crippen molar-refractivity contribution in [3.8, 4) is 0 Å². The SMILES string of the molecule is CC(C)CCC(C)c1ccco1. The van der Waals surface area contributed by atoms with Crippen LogP contribution in [0.5, 0.6) is 0 Å². The van der Waals surface area contributed by atoms with E-state index in [-0.39, 0.29) is 0 Å². The van der Waals surface area contributed by atoms with Crippen molar-refractivity contribution in [3.05, 3.63) is 24.2 Å². The van der Waals surface area contributed by atoms with Gasteiger partial charge in [-0.1, -0.05) is 27.2 Å². The third kappa shape index (κ3) is 2.72. The highest BCUT2D eigenvalue weighted by Gasteiger charge is 2.08. The van der Waals surface area contributed by atoms with Crippen molar-refractivity contribution in [2.75, 3.05) is 0 Å². The standard InChI is InChI=1S/C11H18O/c1-9(2)6-7-10(3)11-5-4-8-12-11/h4-5,8-10H,6-7H2,1-3H3.